The minimum atomic E-state index is 0.519. The minimum absolute atomic E-state index is 0.519. The second-order valence-corrected chi connectivity index (χ2v) is 11.8. The third kappa shape index (κ3) is 11.3. The predicted molar refractivity (Wildman–Crippen MR) is 168 cm³/mol. The van der Waals surface area contributed by atoms with E-state index in [1.54, 1.807) is 0 Å². The summed E-state index contributed by atoms with van der Waals surface area (Å²) < 4.78 is 5.29. The number of nitrogens with zero attached hydrogens (tertiary/aromatic N) is 2. The van der Waals surface area contributed by atoms with Gasteiger partial charge >= 0.3 is 0 Å². The highest BCUT2D eigenvalue weighted by atomic mass is 15.2. The van der Waals surface area contributed by atoms with E-state index >= 15 is 0 Å². The molecule has 3 aromatic rings. The number of unbranched alkanes of at least 4 members (excludes halogenated alkanes) is 12. The molecule has 2 heteroatoms. The van der Waals surface area contributed by atoms with Gasteiger partial charge in [-0.25, -0.2) is 9.13 Å². The van der Waals surface area contributed by atoms with Gasteiger partial charge < -0.3 is 0 Å². The van der Waals surface area contributed by atoms with E-state index in [9.17, 15) is 0 Å². The van der Waals surface area contributed by atoms with E-state index < -0.39 is 0 Å². The highest BCUT2D eigenvalue weighted by Gasteiger charge is 2.24. The molecule has 214 valence electrons. The van der Waals surface area contributed by atoms with Crippen LogP contribution in [0.25, 0.3) is 0 Å². The van der Waals surface area contributed by atoms with Gasteiger partial charge in [-0.05, 0) is 36.3 Å². The molecule has 0 fully saturated rings. The molecule has 1 atom stereocenters. The molecule has 0 saturated heterocycles. The molecule has 3 rings (SSSR count). The zero-order valence-electron chi connectivity index (χ0n) is 25.6. The van der Waals surface area contributed by atoms with Gasteiger partial charge in [0.25, 0.3) is 5.82 Å². The lowest BCUT2D eigenvalue weighted by molar-refractivity contribution is -0.710. The third-order valence-electron chi connectivity index (χ3n) is 8.37. The maximum Gasteiger partial charge on any atom is 0.261 e. The molecule has 0 radical (unpaired) electrons. The molecule has 1 heterocycles. The van der Waals surface area contributed by atoms with Gasteiger partial charge in [-0.1, -0.05) is 152 Å². The first-order valence-electron chi connectivity index (χ1n) is 16.4. The molecule has 2 aromatic carbocycles. The van der Waals surface area contributed by atoms with Crippen LogP contribution in [-0.4, -0.2) is 4.57 Å². The molecule has 1 aromatic heterocycles. The van der Waals surface area contributed by atoms with Gasteiger partial charge in [0, 0.05) is 6.42 Å². The van der Waals surface area contributed by atoms with Crippen molar-refractivity contribution in [1.29, 1.82) is 0 Å². The van der Waals surface area contributed by atoms with Gasteiger partial charge in [-0.15, -0.1) is 0 Å². The highest BCUT2D eigenvalue weighted by molar-refractivity contribution is 5.21. The molecule has 2 nitrogen and oxygen atoms in total. The Morgan fingerprint density at radius 2 is 1.18 bits per heavy atom. The van der Waals surface area contributed by atoms with Crippen molar-refractivity contribution in [2.75, 3.05) is 0 Å². The lowest BCUT2D eigenvalue weighted by Gasteiger charge is -2.12. The van der Waals surface area contributed by atoms with E-state index in [2.05, 4.69) is 96.8 Å². The predicted octanol–water partition coefficient (Wildman–Crippen LogP) is 10.2. The van der Waals surface area contributed by atoms with Gasteiger partial charge in [0.05, 0.1) is 19.5 Å². The van der Waals surface area contributed by atoms with Crippen LogP contribution in [0.5, 0.6) is 0 Å². The molecule has 0 N–H and O–H groups in total. The largest absolute Gasteiger partial charge is 0.261 e. The highest BCUT2D eigenvalue weighted by Crippen LogP contribution is 2.21. The molecule has 0 spiro atoms. The van der Waals surface area contributed by atoms with Crippen LogP contribution in [0.1, 0.15) is 139 Å². The first kappa shape index (κ1) is 31.2. The SMILES string of the molecule is CCCCCCCCCCCCCC[n+]1c(CC(C)c2ccccc2)cn(CCCC)c1Cc1ccccc1. The van der Waals surface area contributed by atoms with Crippen molar-refractivity contribution in [2.45, 2.75) is 143 Å². The summed E-state index contributed by atoms with van der Waals surface area (Å²) in [6, 6.07) is 22.1. The molecule has 39 heavy (non-hydrogen) atoms. The Morgan fingerprint density at radius 1 is 0.641 bits per heavy atom. The van der Waals surface area contributed by atoms with E-state index in [0.717, 1.165) is 25.9 Å². The monoisotopic (exact) mass is 529 g/mol. The summed E-state index contributed by atoms with van der Waals surface area (Å²) in [6.07, 6.45) is 23.9. The van der Waals surface area contributed by atoms with Gasteiger partial charge in [0.2, 0.25) is 0 Å². The molecule has 0 saturated carbocycles. The number of imidazole rings is 1. The number of hydrogen-bond acceptors (Lipinski definition) is 0. The first-order chi connectivity index (χ1) is 19.2. The fourth-order valence-electron chi connectivity index (χ4n) is 5.90. The lowest BCUT2D eigenvalue weighted by Crippen LogP contribution is -2.41. The van der Waals surface area contributed by atoms with Gasteiger partial charge in [0.15, 0.2) is 0 Å². The Bertz CT molecular complexity index is 1000. The van der Waals surface area contributed by atoms with Crippen LogP contribution < -0.4 is 4.57 Å². The maximum absolute atomic E-state index is 2.71. The summed E-state index contributed by atoms with van der Waals surface area (Å²) in [6.45, 7) is 9.27. The van der Waals surface area contributed by atoms with Crippen LogP contribution in [-0.2, 0) is 25.9 Å². The van der Waals surface area contributed by atoms with Crippen LogP contribution >= 0.6 is 0 Å². The van der Waals surface area contributed by atoms with Crippen LogP contribution in [0, 0.1) is 0 Å². The molecule has 0 bridgehead atoms. The van der Waals surface area contributed by atoms with Crippen molar-refractivity contribution in [1.82, 2.24) is 4.57 Å². The number of hydrogen-bond donors (Lipinski definition) is 0. The van der Waals surface area contributed by atoms with Crippen LogP contribution in [0.4, 0.5) is 0 Å². The quantitative estimate of drug-likeness (QED) is 0.0958. The Balaban J connectivity index is 1.62. The molecule has 0 amide bonds. The summed E-state index contributed by atoms with van der Waals surface area (Å²) in [7, 11) is 0. The van der Waals surface area contributed by atoms with Crippen molar-refractivity contribution >= 4 is 0 Å². The van der Waals surface area contributed by atoms with E-state index in [4.69, 9.17) is 0 Å². The molecule has 0 aliphatic rings. The fraction of sp³-hybridized carbons (Fsp3) is 0.595. The summed E-state index contributed by atoms with van der Waals surface area (Å²) in [4.78, 5) is 0. The maximum atomic E-state index is 2.71. The van der Waals surface area contributed by atoms with Gasteiger partial charge in [-0.3, -0.25) is 0 Å². The topological polar surface area (TPSA) is 8.81 Å². The zero-order chi connectivity index (χ0) is 27.5. The van der Waals surface area contributed by atoms with Crippen LogP contribution in [0.2, 0.25) is 0 Å². The number of aromatic nitrogens is 2. The van der Waals surface area contributed by atoms with Crippen molar-refractivity contribution in [3.05, 3.63) is 89.5 Å². The molecule has 1 unspecified atom stereocenters. The Kier molecular flexibility index (Phi) is 15.1. The van der Waals surface area contributed by atoms with E-state index in [1.165, 1.54) is 113 Å². The van der Waals surface area contributed by atoms with Crippen molar-refractivity contribution < 1.29 is 4.57 Å². The van der Waals surface area contributed by atoms with E-state index in [-0.39, 0.29) is 0 Å². The second kappa shape index (κ2) is 18.9. The second-order valence-electron chi connectivity index (χ2n) is 11.8. The minimum Gasteiger partial charge on any atom is -0.234 e. The standard InChI is InChI=1S/C37H57N2/c1-4-6-8-9-10-11-12-13-14-15-16-23-29-39-36(30-33(3)35-26-21-18-22-27-35)32-38(28-7-5-2)37(39)31-34-24-19-17-20-25-34/h17-22,24-27,32-33H,4-16,23,28-31H2,1-3H3/q+1. The number of rotatable bonds is 21. The fourth-order valence-corrected chi connectivity index (χ4v) is 5.90. The Labute approximate surface area is 240 Å². The Hall–Kier alpha value is -2.35. The first-order valence-corrected chi connectivity index (χ1v) is 16.4. The summed E-state index contributed by atoms with van der Waals surface area (Å²) in [5, 5.41) is 0. The summed E-state index contributed by atoms with van der Waals surface area (Å²) in [5.74, 6) is 2.01. The summed E-state index contributed by atoms with van der Waals surface area (Å²) in [5.41, 5.74) is 4.37. The summed E-state index contributed by atoms with van der Waals surface area (Å²) >= 11 is 0. The third-order valence-corrected chi connectivity index (χ3v) is 8.37. The van der Waals surface area contributed by atoms with Crippen molar-refractivity contribution in [2.24, 2.45) is 0 Å². The van der Waals surface area contributed by atoms with Crippen LogP contribution in [0.15, 0.2) is 66.9 Å². The molecular formula is C37H57N2+. The van der Waals surface area contributed by atoms with E-state index in [0.29, 0.717) is 5.92 Å². The van der Waals surface area contributed by atoms with Crippen molar-refractivity contribution in [3.8, 4) is 0 Å². The average molecular weight is 530 g/mol. The molecular weight excluding hydrogens is 472 g/mol. The smallest absolute Gasteiger partial charge is 0.234 e. The van der Waals surface area contributed by atoms with E-state index in [1.807, 2.05) is 0 Å². The average Bonchev–Trinajstić information content (AvgIpc) is 3.28. The van der Waals surface area contributed by atoms with Gasteiger partial charge in [-0.2, -0.15) is 0 Å². The normalized spacial score (nSPS) is 12.2. The van der Waals surface area contributed by atoms with Gasteiger partial charge in [0.1, 0.15) is 11.9 Å². The number of benzene rings is 2. The zero-order valence-corrected chi connectivity index (χ0v) is 25.6. The lowest BCUT2D eigenvalue weighted by atomic mass is 9.96. The van der Waals surface area contributed by atoms with Crippen LogP contribution in [0.3, 0.4) is 0 Å². The van der Waals surface area contributed by atoms with Crippen molar-refractivity contribution in [3.63, 3.8) is 0 Å². The molecule has 0 aliphatic carbocycles. The molecule has 0 aliphatic heterocycles. The Morgan fingerprint density at radius 3 is 1.77 bits per heavy atom. The number of aryl methyl sites for hydroxylation is 1.